The largest absolute Gasteiger partial charge is 0.497 e. The van der Waals surface area contributed by atoms with E-state index in [0.717, 1.165) is 11.3 Å². The molecule has 1 aromatic carbocycles. The number of ether oxygens (including phenoxy) is 2. The van der Waals surface area contributed by atoms with Crippen molar-refractivity contribution in [1.29, 1.82) is 0 Å². The van der Waals surface area contributed by atoms with Crippen molar-refractivity contribution in [3.8, 4) is 5.75 Å². The Bertz CT molecular complexity index is 516. The SMILES string of the molecule is COc1ccc(COCC(C)(C)C=NS(=O)C(C)(C)C)cc1. The van der Waals surface area contributed by atoms with Gasteiger partial charge in [0.1, 0.15) is 16.7 Å². The van der Waals surface area contributed by atoms with E-state index in [2.05, 4.69) is 4.40 Å². The highest BCUT2D eigenvalue weighted by Gasteiger charge is 2.21. The molecule has 0 radical (unpaired) electrons. The maximum Gasteiger partial charge on any atom is 0.144 e. The smallest absolute Gasteiger partial charge is 0.144 e. The molecule has 1 unspecified atom stereocenters. The zero-order valence-corrected chi connectivity index (χ0v) is 15.2. The van der Waals surface area contributed by atoms with Crippen LogP contribution in [-0.2, 0) is 22.3 Å². The zero-order valence-electron chi connectivity index (χ0n) is 14.4. The lowest BCUT2D eigenvalue weighted by atomic mass is 9.97. The van der Waals surface area contributed by atoms with E-state index < -0.39 is 11.0 Å². The fourth-order valence-electron chi connectivity index (χ4n) is 1.54. The predicted octanol–water partition coefficient (Wildman–Crippen LogP) is 3.77. The van der Waals surface area contributed by atoms with Gasteiger partial charge in [-0.15, -0.1) is 0 Å². The Morgan fingerprint density at radius 2 is 1.73 bits per heavy atom. The number of nitrogens with zero attached hydrogens (tertiary/aromatic N) is 1. The van der Waals surface area contributed by atoms with E-state index in [1.54, 1.807) is 13.3 Å². The van der Waals surface area contributed by atoms with E-state index in [0.29, 0.717) is 13.2 Å². The van der Waals surface area contributed by atoms with E-state index in [1.165, 1.54) is 0 Å². The number of methoxy groups -OCH3 is 1. The van der Waals surface area contributed by atoms with Crippen LogP contribution >= 0.6 is 0 Å². The van der Waals surface area contributed by atoms with Crippen molar-refractivity contribution in [2.24, 2.45) is 9.81 Å². The molecule has 0 aliphatic rings. The molecule has 0 aromatic heterocycles. The third-order valence-corrected chi connectivity index (χ3v) is 4.27. The molecule has 0 fully saturated rings. The summed E-state index contributed by atoms with van der Waals surface area (Å²) in [6.45, 7) is 10.8. The molecule has 0 heterocycles. The molecule has 1 rings (SSSR count). The highest BCUT2D eigenvalue weighted by molar-refractivity contribution is 7.85. The summed E-state index contributed by atoms with van der Waals surface area (Å²) in [5.74, 6) is 0.834. The van der Waals surface area contributed by atoms with Gasteiger partial charge in [0.05, 0.1) is 25.1 Å². The second-order valence-corrected chi connectivity index (χ2v) is 8.86. The van der Waals surface area contributed by atoms with Crippen LogP contribution in [0, 0.1) is 5.41 Å². The van der Waals surface area contributed by atoms with Gasteiger partial charge in [-0.3, -0.25) is 0 Å². The Hall–Kier alpha value is -1.20. The lowest BCUT2D eigenvalue weighted by molar-refractivity contribution is 0.0806. The van der Waals surface area contributed by atoms with E-state index >= 15 is 0 Å². The average molecular weight is 325 g/mol. The van der Waals surface area contributed by atoms with E-state index in [1.807, 2.05) is 58.9 Å². The Balaban J connectivity index is 2.48. The Morgan fingerprint density at radius 3 is 2.23 bits per heavy atom. The van der Waals surface area contributed by atoms with Crippen LogP contribution in [0.2, 0.25) is 0 Å². The molecule has 124 valence electrons. The maximum absolute atomic E-state index is 11.9. The Kier molecular flexibility index (Phi) is 6.75. The third kappa shape index (κ3) is 6.71. The normalized spacial score (nSPS) is 14.3. The van der Waals surface area contributed by atoms with Gasteiger partial charge in [0.2, 0.25) is 0 Å². The third-order valence-electron chi connectivity index (χ3n) is 2.92. The van der Waals surface area contributed by atoms with Crippen molar-refractivity contribution in [3.63, 3.8) is 0 Å². The number of hydrogen-bond acceptors (Lipinski definition) is 3. The van der Waals surface area contributed by atoms with Crippen LogP contribution in [0.4, 0.5) is 0 Å². The zero-order chi connectivity index (χ0) is 16.8. The maximum atomic E-state index is 11.9. The topological polar surface area (TPSA) is 47.9 Å². The standard InChI is InChI=1S/C17H27NO3S/c1-16(2,3)22(19)18-12-17(4,5)13-21-11-14-7-9-15(20-6)10-8-14/h7-10,12H,11,13H2,1-6H3. The number of rotatable bonds is 7. The second kappa shape index (κ2) is 7.88. The van der Waals surface area contributed by atoms with Gasteiger partial charge in [0.15, 0.2) is 0 Å². The first-order valence-electron chi connectivity index (χ1n) is 7.32. The van der Waals surface area contributed by atoms with Gasteiger partial charge in [0, 0.05) is 11.6 Å². The van der Waals surface area contributed by atoms with E-state index in [-0.39, 0.29) is 10.2 Å². The first-order valence-corrected chi connectivity index (χ1v) is 8.43. The minimum absolute atomic E-state index is 0.257. The summed E-state index contributed by atoms with van der Waals surface area (Å²) in [5.41, 5.74) is 0.833. The van der Waals surface area contributed by atoms with Crippen LogP contribution in [0.15, 0.2) is 28.7 Å². The molecule has 4 nitrogen and oxygen atoms in total. The predicted molar refractivity (Wildman–Crippen MR) is 92.8 cm³/mol. The van der Waals surface area contributed by atoms with Gasteiger partial charge >= 0.3 is 0 Å². The fourth-order valence-corrected chi connectivity index (χ4v) is 2.24. The molecule has 0 aliphatic carbocycles. The van der Waals surface area contributed by atoms with Crippen LogP contribution < -0.4 is 4.74 Å². The van der Waals surface area contributed by atoms with E-state index in [9.17, 15) is 4.21 Å². The number of hydrogen-bond donors (Lipinski definition) is 0. The second-order valence-electron chi connectivity index (χ2n) is 6.93. The molecule has 0 saturated carbocycles. The van der Waals surface area contributed by atoms with Crippen molar-refractivity contribution in [2.45, 2.75) is 46.0 Å². The molecule has 0 amide bonds. The highest BCUT2D eigenvalue weighted by Crippen LogP contribution is 2.18. The lowest BCUT2D eigenvalue weighted by Crippen LogP contribution is -2.24. The van der Waals surface area contributed by atoms with Crippen LogP contribution in [-0.4, -0.2) is 28.9 Å². The molecular weight excluding hydrogens is 298 g/mol. The summed E-state index contributed by atoms with van der Waals surface area (Å²) in [4.78, 5) is 0. The van der Waals surface area contributed by atoms with Crippen LogP contribution in [0.1, 0.15) is 40.2 Å². The van der Waals surface area contributed by atoms with Crippen molar-refractivity contribution in [3.05, 3.63) is 29.8 Å². The first kappa shape index (κ1) is 18.8. The monoisotopic (exact) mass is 325 g/mol. The first-order chi connectivity index (χ1) is 10.1. The van der Waals surface area contributed by atoms with Crippen molar-refractivity contribution in [1.82, 2.24) is 0 Å². The van der Waals surface area contributed by atoms with Crippen LogP contribution in [0.3, 0.4) is 0 Å². The minimum atomic E-state index is -1.23. The summed E-state index contributed by atoms with van der Waals surface area (Å²) >= 11 is 0. The van der Waals surface area contributed by atoms with Crippen molar-refractivity contribution < 1.29 is 13.7 Å². The molecule has 0 N–H and O–H groups in total. The van der Waals surface area contributed by atoms with Gasteiger partial charge in [0.25, 0.3) is 0 Å². The van der Waals surface area contributed by atoms with E-state index in [4.69, 9.17) is 9.47 Å². The van der Waals surface area contributed by atoms with Crippen molar-refractivity contribution in [2.75, 3.05) is 13.7 Å². The minimum Gasteiger partial charge on any atom is -0.497 e. The quantitative estimate of drug-likeness (QED) is 0.717. The molecule has 5 heteroatoms. The summed E-state index contributed by atoms with van der Waals surface area (Å²) in [6.07, 6.45) is 1.74. The van der Waals surface area contributed by atoms with Gasteiger partial charge in [-0.2, -0.15) is 4.40 Å². The summed E-state index contributed by atoms with van der Waals surface area (Å²) in [7, 11) is 0.419. The highest BCUT2D eigenvalue weighted by atomic mass is 32.2. The lowest BCUT2D eigenvalue weighted by Gasteiger charge is -2.20. The summed E-state index contributed by atoms with van der Waals surface area (Å²) < 4.78 is 26.6. The van der Waals surface area contributed by atoms with Gasteiger partial charge in [-0.05, 0) is 38.5 Å². The molecule has 0 saturated heterocycles. The molecule has 1 aromatic rings. The summed E-state index contributed by atoms with van der Waals surface area (Å²) in [6, 6.07) is 7.79. The summed E-state index contributed by atoms with van der Waals surface area (Å²) in [5, 5.41) is 0. The Labute approximate surface area is 136 Å². The van der Waals surface area contributed by atoms with Gasteiger partial charge in [-0.25, -0.2) is 4.21 Å². The fraction of sp³-hybridized carbons (Fsp3) is 0.588. The van der Waals surface area contributed by atoms with Crippen LogP contribution in [0.25, 0.3) is 0 Å². The Morgan fingerprint density at radius 1 is 1.14 bits per heavy atom. The molecule has 0 spiro atoms. The molecule has 22 heavy (non-hydrogen) atoms. The molecule has 1 atom stereocenters. The van der Waals surface area contributed by atoms with Crippen molar-refractivity contribution >= 4 is 17.2 Å². The molecular formula is C17H27NO3S. The van der Waals surface area contributed by atoms with Gasteiger partial charge < -0.3 is 9.47 Å². The molecule has 0 bridgehead atoms. The van der Waals surface area contributed by atoms with Crippen LogP contribution in [0.5, 0.6) is 5.75 Å². The molecule has 0 aliphatic heterocycles. The number of benzene rings is 1. The van der Waals surface area contributed by atoms with Gasteiger partial charge in [-0.1, -0.05) is 26.0 Å². The average Bonchev–Trinajstić information content (AvgIpc) is 2.44.